The van der Waals surface area contributed by atoms with Crippen LogP contribution in [-0.4, -0.2) is 27.9 Å². The lowest BCUT2D eigenvalue weighted by Crippen LogP contribution is -2.25. The summed E-state index contributed by atoms with van der Waals surface area (Å²) < 4.78 is 18.6. The molecule has 0 aliphatic rings. The maximum absolute atomic E-state index is 13.6. The molecule has 0 radical (unpaired) electrons. The zero-order valence-corrected chi connectivity index (χ0v) is 15.2. The second kappa shape index (κ2) is 7.57. The van der Waals surface area contributed by atoms with Gasteiger partial charge in [-0.1, -0.05) is 18.2 Å². The van der Waals surface area contributed by atoms with E-state index < -0.39 is 16.6 Å². The molecule has 0 saturated heterocycles. The van der Waals surface area contributed by atoms with Crippen LogP contribution >= 0.6 is 11.6 Å². The molecule has 142 valence electrons. The van der Waals surface area contributed by atoms with Crippen molar-refractivity contribution in [3.63, 3.8) is 0 Å². The average Bonchev–Trinajstić information content (AvgIpc) is 2.69. The molecule has 2 aromatic carbocycles. The van der Waals surface area contributed by atoms with Crippen molar-refractivity contribution in [2.24, 2.45) is 0 Å². The number of carbonyl (C=O) groups excluding carboxylic acids is 1. The third-order valence-corrected chi connectivity index (χ3v) is 4.17. The number of fused-ring (bicyclic) bond motifs is 1. The van der Waals surface area contributed by atoms with E-state index in [4.69, 9.17) is 16.3 Å². The number of halogens is 2. The molecule has 0 saturated carbocycles. The number of benzene rings is 2. The molecule has 0 aliphatic heterocycles. The van der Waals surface area contributed by atoms with Crippen LogP contribution in [0.2, 0.25) is 5.02 Å². The Hall–Kier alpha value is -3.59. The zero-order chi connectivity index (χ0) is 20.4. The van der Waals surface area contributed by atoms with Crippen LogP contribution in [0.1, 0.15) is 0 Å². The molecule has 0 spiro atoms. The van der Waals surface area contributed by atoms with Crippen molar-refractivity contribution >= 4 is 45.6 Å². The molecule has 10 heteroatoms. The molecule has 0 unspecified atom stereocenters. The van der Waals surface area contributed by atoms with E-state index in [1.807, 2.05) is 0 Å². The predicted octanol–water partition coefficient (Wildman–Crippen LogP) is 4.19. The van der Waals surface area contributed by atoms with E-state index in [9.17, 15) is 19.3 Å². The summed E-state index contributed by atoms with van der Waals surface area (Å²) in [5, 5.41) is 11.4. The van der Waals surface area contributed by atoms with Gasteiger partial charge in [-0.25, -0.2) is 14.4 Å². The van der Waals surface area contributed by atoms with Crippen molar-refractivity contribution in [1.29, 1.82) is 0 Å². The summed E-state index contributed by atoms with van der Waals surface area (Å²) in [6.07, 6.45) is 2.22. The first-order chi connectivity index (χ1) is 13.4. The Balaban J connectivity index is 2.32. The maximum Gasteiger partial charge on any atom is 0.311 e. The Morgan fingerprint density at radius 3 is 2.71 bits per heavy atom. The largest absolute Gasteiger partial charge is 0.490 e. The molecule has 1 aromatic heterocycles. The number of methoxy groups -OCH3 is 1. The van der Waals surface area contributed by atoms with Gasteiger partial charge in [0.2, 0.25) is 0 Å². The summed E-state index contributed by atoms with van der Waals surface area (Å²) in [6, 6.07) is 6.24. The highest BCUT2D eigenvalue weighted by molar-refractivity contribution is 6.31. The molecule has 1 heterocycles. The lowest BCUT2D eigenvalue weighted by molar-refractivity contribution is -0.385. The maximum atomic E-state index is 13.6. The van der Waals surface area contributed by atoms with E-state index in [1.165, 1.54) is 37.7 Å². The fourth-order valence-corrected chi connectivity index (χ4v) is 2.79. The number of hydrogen-bond donors (Lipinski definition) is 0. The van der Waals surface area contributed by atoms with Crippen LogP contribution in [0.3, 0.4) is 0 Å². The second-order valence-corrected chi connectivity index (χ2v) is 5.88. The SMILES string of the molecule is C=CC(=O)N(c1ccc(F)c(Cl)c1)c1ncnc2cc(OC)c([N+](=O)[O-])cc12. The quantitative estimate of drug-likeness (QED) is 0.360. The van der Waals surface area contributed by atoms with Crippen LogP contribution in [0.5, 0.6) is 5.75 Å². The van der Waals surface area contributed by atoms with E-state index in [1.54, 1.807) is 0 Å². The number of aromatic nitrogens is 2. The number of carbonyl (C=O) groups is 1. The standard InChI is InChI=1S/C18H12ClFN4O4/c1-3-17(25)23(10-4-5-13(20)12(19)6-10)18-11-7-15(24(26)27)16(28-2)8-14(11)21-9-22-18/h3-9H,1H2,2H3. The van der Waals surface area contributed by atoms with Crippen LogP contribution < -0.4 is 9.64 Å². The van der Waals surface area contributed by atoms with Gasteiger partial charge in [-0.15, -0.1) is 0 Å². The number of hydrogen-bond acceptors (Lipinski definition) is 6. The Morgan fingerprint density at radius 1 is 1.36 bits per heavy atom. The number of nitro groups is 1. The third kappa shape index (κ3) is 3.35. The highest BCUT2D eigenvalue weighted by Crippen LogP contribution is 2.37. The van der Waals surface area contributed by atoms with Gasteiger partial charge >= 0.3 is 5.69 Å². The Labute approximate surface area is 163 Å². The molecular formula is C18H12ClFN4O4. The van der Waals surface area contributed by atoms with Gasteiger partial charge in [0.05, 0.1) is 33.6 Å². The monoisotopic (exact) mass is 402 g/mol. The number of rotatable bonds is 5. The van der Waals surface area contributed by atoms with Crippen molar-refractivity contribution in [1.82, 2.24) is 9.97 Å². The molecule has 1 amide bonds. The van der Waals surface area contributed by atoms with Crippen molar-refractivity contribution in [2.75, 3.05) is 12.0 Å². The third-order valence-electron chi connectivity index (χ3n) is 3.88. The van der Waals surface area contributed by atoms with E-state index in [2.05, 4.69) is 16.5 Å². The van der Waals surface area contributed by atoms with Crippen molar-refractivity contribution in [3.8, 4) is 5.75 Å². The van der Waals surface area contributed by atoms with Crippen molar-refractivity contribution in [3.05, 3.63) is 70.3 Å². The molecule has 3 rings (SSSR count). The Bertz CT molecular complexity index is 1120. The lowest BCUT2D eigenvalue weighted by atomic mass is 10.1. The topological polar surface area (TPSA) is 98.5 Å². The summed E-state index contributed by atoms with van der Waals surface area (Å²) >= 11 is 5.84. The Kier molecular flexibility index (Phi) is 5.18. The van der Waals surface area contributed by atoms with Crippen LogP contribution in [0, 0.1) is 15.9 Å². The summed E-state index contributed by atoms with van der Waals surface area (Å²) in [6.45, 7) is 3.46. The summed E-state index contributed by atoms with van der Waals surface area (Å²) in [5.74, 6) is -1.21. The van der Waals surface area contributed by atoms with Gasteiger partial charge in [-0.2, -0.15) is 0 Å². The molecule has 3 aromatic rings. The van der Waals surface area contributed by atoms with Crippen LogP contribution in [-0.2, 0) is 4.79 Å². The minimum absolute atomic E-state index is 0.00794. The predicted molar refractivity (Wildman–Crippen MR) is 101 cm³/mol. The molecule has 28 heavy (non-hydrogen) atoms. The minimum atomic E-state index is -0.663. The van der Waals surface area contributed by atoms with Crippen LogP contribution in [0.25, 0.3) is 10.9 Å². The van der Waals surface area contributed by atoms with E-state index in [0.29, 0.717) is 5.52 Å². The van der Waals surface area contributed by atoms with Gasteiger partial charge in [0.15, 0.2) is 11.6 Å². The molecule has 0 N–H and O–H groups in total. The van der Waals surface area contributed by atoms with E-state index in [0.717, 1.165) is 17.0 Å². The van der Waals surface area contributed by atoms with Gasteiger partial charge < -0.3 is 4.74 Å². The molecule has 0 atom stereocenters. The number of nitro benzene ring substituents is 1. The average molecular weight is 403 g/mol. The first-order valence-corrected chi connectivity index (χ1v) is 8.14. The minimum Gasteiger partial charge on any atom is -0.490 e. The van der Waals surface area contributed by atoms with Gasteiger partial charge in [0.25, 0.3) is 5.91 Å². The first-order valence-electron chi connectivity index (χ1n) is 7.76. The highest BCUT2D eigenvalue weighted by atomic mass is 35.5. The Morgan fingerprint density at radius 2 is 2.11 bits per heavy atom. The number of nitrogens with zero attached hydrogens (tertiary/aromatic N) is 4. The van der Waals surface area contributed by atoms with Gasteiger partial charge in [-0.3, -0.25) is 19.8 Å². The molecule has 0 aliphatic carbocycles. The second-order valence-electron chi connectivity index (χ2n) is 5.47. The first kappa shape index (κ1) is 19.2. The number of amides is 1. The molecular weight excluding hydrogens is 391 g/mol. The summed E-state index contributed by atoms with van der Waals surface area (Å²) in [5.41, 5.74) is 0.187. The van der Waals surface area contributed by atoms with Crippen molar-refractivity contribution in [2.45, 2.75) is 0 Å². The van der Waals surface area contributed by atoms with Crippen LogP contribution in [0.15, 0.2) is 49.3 Å². The zero-order valence-electron chi connectivity index (χ0n) is 14.4. The van der Waals surface area contributed by atoms with E-state index >= 15 is 0 Å². The van der Waals surface area contributed by atoms with Crippen molar-refractivity contribution < 1.29 is 18.8 Å². The molecule has 0 bridgehead atoms. The smallest absolute Gasteiger partial charge is 0.311 e. The summed E-state index contributed by atoms with van der Waals surface area (Å²) in [4.78, 5) is 32.6. The highest BCUT2D eigenvalue weighted by Gasteiger charge is 2.24. The van der Waals surface area contributed by atoms with Gasteiger partial charge in [0, 0.05) is 12.1 Å². The lowest BCUT2D eigenvalue weighted by Gasteiger charge is -2.22. The van der Waals surface area contributed by atoms with Gasteiger partial charge in [0.1, 0.15) is 12.1 Å². The number of anilines is 2. The fraction of sp³-hybridized carbons (Fsp3) is 0.0556. The molecule has 8 nitrogen and oxygen atoms in total. The van der Waals surface area contributed by atoms with Crippen LogP contribution in [0.4, 0.5) is 21.6 Å². The summed E-state index contributed by atoms with van der Waals surface area (Å²) in [7, 11) is 1.30. The van der Waals surface area contributed by atoms with Gasteiger partial charge in [-0.05, 0) is 24.3 Å². The number of ether oxygens (including phenoxy) is 1. The van der Waals surface area contributed by atoms with E-state index in [-0.39, 0.29) is 33.4 Å². The normalized spacial score (nSPS) is 10.5. The fourth-order valence-electron chi connectivity index (χ4n) is 2.61. The molecule has 0 fully saturated rings.